The van der Waals surface area contributed by atoms with Crippen LogP contribution in [0.25, 0.3) is 0 Å². The number of allylic oxidation sites excluding steroid dienone is 8. The molecule has 1 aromatic carbocycles. The van der Waals surface area contributed by atoms with E-state index >= 15 is 0 Å². The lowest BCUT2D eigenvalue weighted by Crippen LogP contribution is -2.04. The number of carbonyl (C=O) groups is 1. The van der Waals surface area contributed by atoms with Crippen molar-refractivity contribution in [2.24, 2.45) is 0 Å². The average molecular weight is 399 g/mol. The molecule has 0 aliphatic heterocycles. The standard InChI is InChI=1S/C25H34O4/c1-17(2)7-8-18(3)9-10-19(4)11-12-20(5)13-14-22-24(29-21(6)26)16-15-23(27)25(22)28/h7,9,11,13,15-16,27-28H,8,10,12,14H2,1-6H3/b18-9+,19-11+,20-13+. The van der Waals surface area contributed by atoms with Crippen LogP contribution in [0.4, 0.5) is 0 Å². The van der Waals surface area contributed by atoms with Crippen molar-refractivity contribution in [3.05, 3.63) is 64.3 Å². The van der Waals surface area contributed by atoms with Crippen LogP contribution in [0.15, 0.2) is 58.7 Å². The molecular weight excluding hydrogens is 364 g/mol. The summed E-state index contributed by atoms with van der Waals surface area (Å²) in [5.41, 5.74) is 5.53. The highest BCUT2D eigenvalue weighted by atomic mass is 16.5. The second-order valence-corrected chi connectivity index (χ2v) is 7.75. The van der Waals surface area contributed by atoms with Gasteiger partial charge in [0.15, 0.2) is 11.5 Å². The molecule has 0 bridgehead atoms. The second kappa shape index (κ2) is 11.9. The molecule has 0 aliphatic rings. The van der Waals surface area contributed by atoms with Gasteiger partial charge in [-0.25, -0.2) is 0 Å². The lowest BCUT2D eigenvalue weighted by atomic mass is 10.0. The summed E-state index contributed by atoms with van der Waals surface area (Å²) in [5, 5.41) is 19.9. The van der Waals surface area contributed by atoms with Crippen molar-refractivity contribution < 1.29 is 19.7 Å². The molecule has 0 aliphatic carbocycles. The quantitative estimate of drug-likeness (QED) is 0.214. The topological polar surface area (TPSA) is 66.8 Å². The minimum atomic E-state index is -0.469. The van der Waals surface area contributed by atoms with E-state index in [0.717, 1.165) is 24.8 Å². The Morgan fingerprint density at radius 3 is 1.86 bits per heavy atom. The first-order chi connectivity index (χ1) is 13.6. The number of hydrogen-bond donors (Lipinski definition) is 2. The molecule has 4 heteroatoms. The molecule has 0 atom stereocenters. The maximum absolute atomic E-state index is 11.3. The van der Waals surface area contributed by atoms with Gasteiger partial charge in [0, 0.05) is 12.5 Å². The third-order valence-corrected chi connectivity index (χ3v) is 4.50. The van der Waals surface area contributed by atoms with E-state index in [-0.39, 0.29) is 17.2 Å². The lowest BCUT2D eigenvalue weighted by Gasteiger charge is -2.11. The summed E-state index contributed by atoms with van der Waals surface area (Å²) in [6.45, 7) is 11.8. The molecule has 1 aromatic rings. The zero-order chi connectivity index (χ0) is 22.0. The van der Waals surface area contributed by atoms with Gasteiger partial charge in [-0.3, -0.25) is 4.79 Å². The summed E-state index contributed by atoms with van der Waals surface area (Å²) >= 11 is 0. The fraction of sp³-hybridized carbons (Fsp3) is 0.400. The average Bonchev–Trinajstić information content (AvgIpc) is 2.65. The van der Waals surface area contributed by atoms with Crippen LogP contribution in [0.2, 0.25) is 0 Å². The van der Waals surface area contributed by atoms with Crippen LogP contribution < -0.4 is 4.74 Å². The maximum atomic E-state index is 11.3. The number of esters is 1. The summed E-state index contributed by atoms with van der Waals surface area (Å²) < 4.78 is 5.14. The van der Waals surface area contributed by atoms with Crippen LogP contribution in [0.1, 0.15) is 66.4 Å². The van der Waals surface area contributed by atoms with Gasteiger partial charge in [0.25, 0.3) is 0 Å². The molecule has 2 N–H and O–H groups in total. The Morgan fingerprint density at radius 2 is 1.34 bits per heavy atom. The Hall–Kier alpha value is -2.75. The number of phenols is 2. The molecule has 1 rings (SSSR count). The Bertz CT molecular complexity index is 835. The van der Waals surface area contributed by atoms with Gasteiger partial charge in [-0.1, -0.05) is 46.6 Å². The van der Waals surface area contributed by atoms with Crippen LogP contribution >= 0.6 is 0 Å². The van der Waals surface area contributed by atoms with Gasteiger partial charge in [-0.2, -0.15) is 0 Å². The Balaban J connectivity index is 2.76. The van der Waals surface area contributed by atoms with E-state index < -0.39 is 5.97 Å². The minimum Gasteiger partial charge on any atom is -0.504 e. The number of ether oxygens (including phenoxy) is 1. The molecular formula is C25H34O4. The van der Waals surface area contributed by atoms with E-state index in [1.54, 1.807) is 0 Å². The number of phenolic OH excluding ortho intramolecular Hbond substituents is 2. The SMILES string of the molecule is CC(=O)Oc1ccc(O)c(O)c1C/C=C(\C)C/C=C(\C)C/C=C(\C)CC=C(C)C. The summed E-state index contributed by atoms with van der Waals surface area (Å²) in [5.74, 6) is -0.687. The van der Waals surface area contributed by atoms with Gasteiger partial charge in [0.1, 0.15) is 5.75 Å². The zero-order valence-corrected chi connectivity index (χ0v) is 18.5. The van der Waals surface area contributed by atoms with Crippen LogP contribution in [0.5, 0.6) is 17.2 Å². The van der Waals surface area contributed by atoms with Crippen molar-refractivity contribution in [1.82, 2.24) is 0 Å². The van der Waals surface area contributed by atoms with Gasteiger partial charge in [-0.15, -0.1) is 0 Å². The highest BCUT2D eigenvalue weighted by molar-refractivity contribution is 5.71. The molecule has 0 amide bonds. The first-order valence-corrected chi connectivity index (χ1v) is 9.92. The molecule has 0 heterocycles. The van der Waals surface area contributed by atoms with Crippen LogP contribution in [0, 0.1) is 0 Å². The van der Waals surface area contributed by atoms with Gasteiger partial charge in [0.05, 0.1) is 0 Å². The third-order valence-electron chi connectivity index (χ3n) is 4.50. The van der Waals surface area contributed by atoms with E-state index in [1.165, 1.54) is 35.8 Å². The van der Waals surface area contributed by atoms with Gasteiger partial charge in [-0.05, 0) is 72.4 Å². The zero-order valence-electron chi connectivity index (χ0n) is 18.5. The number of hydrogen-bond acceptors (Lipinski definition) is 4. The molecule has 0 saturated carbocycles. The highest BCUT2D eigenvalue weighted by Gasteiger charge is 2.14. The van der Waals surface area contributed by atoms with Crippen molar-refractivity contribution in [1.29, 1.82) is 0 Å². The monoisotopic (exact) mass is 398 g/mol. The molecule has 158 valence electrons. The Morgan fingerprint density at radius 1 is 0.828 bits per heavy atom. The van der Waals surface area contributed by atoms with E-state index in [9.17, 15) is 15.0 Å². The summed E-state index contributed by atoms with van der Waals surface area (Å²) in [4.78, 5) is 11.3. The van der Waals surface area contributed by atoms with Gasteiger partial charge < -0.3 is 14.9 Å². The van der Waals surface area contributed by atoms with E-state index in [1.807, 2.05) is 13.0 Å². The highest BCUT2D eigenvalue weighted by Crippen LogP contribution is 2.36. The fourth-order valence-electron chi connectivity index (χ4n) is 2.62. The Kier molecular flexibility index (Phi) is 10.0. The number of benzene rings is 1. The molecule has 4 nitrogen and oxygen atoms in total. The minimum absolute atomic E-state index is 0.229. The molecule has 0 unspecified atom stereocenters. The van der Waals surface area contributed by atoms with Crippen LogP contribution in [-0.2, 0) is 11.2 Å². The summed E-state index contributed by atoms with van der Waals surface area (Å²) in [7, 11) is 0. The number of rotatable bonds is 9. The Labute approximate surface area is 174 Å². The molecule has 29 heavy (non-hydrogen) atoms. The molecule has 0 radical (unpaired) electrons. The number of carbonyl (C=O) groups excluding carboxylic acids is 1. The number of aromatic hydroxyl groups is 2. The maximum Gasteiger partial charge on any atom is 0.308 e. The smallest absolute Gasteiger partial charge is 0.308 e. The van der Waals surface area contributed by atoms with Crippen LogP contribution in [0.3, 0.4) is 0 Å². The van der Waals surface area contributed by atoms with Crippen molar-refractivity contribution >= 4 is 5.97 Å². The van der Waals surface area contributed by atoms with Gasteiger partial charge >= 0.3 is 5.97 Å². The lowest BCUT2D eigenvalue weighted by molar-refractivity contribution is -0.131. The van der Waals surface area contributed by atoms with E-state index in [2.05, 4.69) is 45.9 Å². The fourth-order valence-corrected chi connectivity index (χ4v) is 2.62. The first-order valence-electron chi connectivity index (χ1n) is 9.92. The molecule has 0 saturated heterocycles. The third kappa shape index (κ3) is 9.33. The molecule has 0 fully saturated rings. The first kappa shape index (κ1) is 24.3. The van der Waals surface area contributed by atoms with Crippen molar-refractivity contribution in [3.8, 4) is 17.2 Å². The molecule has 0 spiro atoms. The second-order valence-electron chi connectivity index (χ2n) is 7.75. The van der Waals surface area contributed by atoms with Crippen molar-refractivity contribution in [3.63, 3.8) is 0 Å². The predicted octanol–water partition coefficient (Wildman–Crippen LogP) is 6.54. The van der Waals surface area contributed by atoms with Crippen LogP contribution in [-0.4, -0.2) is 16.2 Å². The summed E-state index contributed by atoms with van der Waals surface area (Å²) in [6.07, 6.45) is 11.8. The van der Waals surface area contributed by atoms with E-state index in [0.29, 0.717) is 12.0 Å². The molecule has 0 aromatic heterocycles. The van der Waals surface area contributed by atoms with Crippen molar-refractivity contribution in [2.45, 2.75) is 67.2 Å². The normalized spacial score (nSPS) is 12.7. The largest absolute Gasteiger partial charge is 0.504 e. The van der Waals surface area contributed by atoms with Gasteiger partial charge in [0.2, 0.25) is 0 Å². The summed E-state index contributed by atoms with van der Waals surface area (Å²) in [6, 6.07) is 2.80. The predicted molar refractivity (Wildman–Crippen MR) is 119 cm³/mol. The van der Waals surface area contributed by atoms with E-state index in [4.69, 9.17) is 4.74 Å². The van der Waals surface area contributed by atoms with Crippen molar-refractivity contribution in [2.75, 3.05) is 0 Å².